The van der Waals surface area contributed by atoms with Gasteiger partial charge in [-0.15, -0.1) is 10.2 Å². The summed E-state index contributed by atoms with van der Waals surface area (Å²) in [6, 6.07) is 13.2. The number of rotatable bonds is 6. The van der Waals surface area contributed by atoms with Crippen LogP contribution in [0.2, 0.25) is 0 Å². The van der Waals surface area contributed by atoms with E-state index in [9.17, 15) is 4.79 Å². The fourth-order valence-electron chi connectivity index (χ4n) is 1.58. The van der Waals surface area contributed by atoms with Crippen molar-refractivity contribution in [1.82, 2.24) is 5.12 Å². The molecule has 124 valence electrons. The van der Waals surface area contributed by atoms with Crippen LogP contribution in [0.3, 0.4) is 0 Å². The second-order valence-electron chi connectivity index (χ2n) is 4.35. The Morgan fingerprint density at radius 2 is 1.21 bits per heavy atom. The highest BCUT2D eigenvalue weighted by molar-refractivity contribution is 5.63. The molecule has 0 aromatic heterocycles. The third kappa shape index (κ3) is 4.77. The van der Waals surface area contributed by atoms with E-state index in [1.807, 2.05) is 0 Å². The second kappa shape index (κ2) is 8.22. The molecule has 0 heterocycles. The Morgan fingerprint density at radius 3 is 1.50 bits per heavy atom. The zero-order chi connectivity index (χ0) is 17.4. The van der Waals surface area contributed by atoms with Gasteiger partial charge in [-0.2, -0.15) is 0 Å². The van der Waals surface area contributed by atoms with E-state index >= 15 is 0 Å². The van der Waals surface area contributed by atoms with Crippen molar-refractivity contribution < 1.29 is 19.4 Å². The quantitative estimate of drug-likeness (QED) is 0.626. The normalized spacial score (nSPS) is 10.9. The van der Waals surface area contributed by atoms with Crippen molar-refractivity contribution in [3.05, 3.63) is 48.5 Å². The maximum Gasteiger partial charge on any atom is 0.452 e. The second-order valence-corrected chi connectivity index (χ2v) is 4.35. The topological polar surface area (TPSA) is 108 Å². The van der Waals surface area contributed by atoms with Crippen LogP contribution in [0, 0.1) is 0 Å². The molecule has 0 aliphatic carbocycles. The molecule has 0 spiro atoms. The third-order valence-electron chi connectivity index (χ3n) is 2.81. The van der Waals surface area contributed by atoms with Gasteiger partial charge in [0.05, 0.1) is 25.6 Å². The molecule has 2 rings (SSSR count). The molecule has 0 atom stereocenters. The van der Waals surface area contributed by atoms with Gasteiger partial charge in [0.2, 0.25) is 0 Å². The number of methoxy groups -OCH3 is 2. The van der Waals surface area contributed by atoms with Crippen LogP contribution in [0.15, 0.2) is 69.2 Å². The van der Waals surface area contributed by atoms with Gasteiger partial charge in [-0.25, -0.2) is 4.79 Å². The number of hydrogen-bond donors (Lipinski definition) is 1. The van der Waals surface area contributed by atoms with Crippen molar-refractivity contribution in [1.29, 1.82) is 0 Å². The standard InChI is InChI=1S/C15H15N5O4/c1-23-13-7-3-11(4-8-13)16-18-20(15(21)22)19-17-12-5-9-14(24-2)10-6-12/h3-10H,1-2H3,(H,21,22). The van der Waals surface area contributed by atoms with Crippen molar-refractivity contribution in [2.75, 3.05) is 14.2 Å². The predicted molar refractivity (Wildman–Crippen MR) is 84.9 cm³/mol. The average Bonchev–Trinajstić information content (AvgIpc) is 2.62. The lowest BCUT2D eigenvalue weighted by atomic mass is 10.3. The van der Waals surface area contributed by atoms with Crippen molar-refractivity contribution in [3.8, 4) is 11.5 Å². The fraction of sp³-hybridized carbons (Fsp3) is 0.133. The van der Waals surface area contributed by atoms with Crippen molar-refractivity contribution >= 4 is 17.5 Å². The van der Waals surface area contributed by atoms with Crippen molar-refractivity contribution in [2.24, 2.45) is 20.7 Å². The third-order valence-corrected chi connectivity index (χ3v) is 2.81. The maximum atomic E-state index is 11.1. The summed E-state index contributed by atoms with van der Waals surface area (Å²) in [4.78, 5) is 11.1. The molecule has 1 amide bonds. The number of amides is 1. The number of benzene rings is 2. The van der Waals surface area contributed by atoms with Gasteiger partial charge in [-0.3, -0.25) is 0 Å². The zero-order valence-corrected chi connectivity index (χ0v) is 13.0. The highest BCUT2D eigenvalue weighted by Crippen LogP contribution is 2.20. The Balaban J connectivity index is 2.08. The molecule has 0 saturated heterocycles. The van der Waals surface area contributed by atoms with Gasteiger partial charge in [0.1, 0.15) is 11.5 Å². The number of carbonyl (C=O) groups is 1. The van der Waals surface area contributed by atoms with Gasteiger partial charge in [0.25, 0.3) is 0 Å². The summed E-state index contributed by atoms with van der Waals surface area (Å²) in [7, 11) is 3.09. The molecule has 24 heavy (non-hydrogen) atoms. The van der Waals surface area contributed by atoms with Gasteiger partial charge in [-0.1, -0.05) is 0 Å². The van der Waals surface area contributed by atoms with Gasteiger partial charge in [-0.05, 0) is 64.1 Å². The lowest BCUT2D eigenvalue weighted by Gasteiger charge is -2.03. The van der Waals surface area contributed by atoms with E-state index in [-0.39, 0.29) is 0 Å². The molecule has 2 aromatic rings. The summed E-state index contributed by atoms with van der Waals surface area (Å²) >= 11 is 0. The molecule has 0 radical (unpaired) electrons. The Morgan fingerprint density at radius 1 is 0.833 bits per heavy atom. The van der Waals surface area contributed by atoms with Gasteiger partial charge in [0.15, 0.2) is 0 Å². The largest absolute Gasteiger partial charge is 0.497 e. The van der Waals surface area contributed by atoms with Crippen molar-refractivity contribution in [2.45, 2.75) is 0 Å². The first-order valence-corrected chi connectivity index (χ1v) is 6.77. The average molecular weight is 329 g/mol. The van der Waals surface area contributed by atoms with Crippen LogP contribution in [0.25, 0.3) is 0 Å². The van der Waals surface area contributed by atoms with E-state index in [0.717, 1.165) is 0 Å². The van der Waals surface area contributed by atoms with E-state index in [1.165, 1.54) is 0 Å². The summed E-state index contributed by atoms with van der Waals surface area (Å²) in [6.07, 6.45) is -1.41. The van der Waals surface area contributed by atoms with Crippen LogP contribution in [-0.4, -0.2) is 30.5 Å². The predicted octanol–water partition coefficient (Wildman–Crippen LogP) is 4.38. The number of nitrogens with zero attached hydrogens (tertiary/aromatic N) is 5. The van der Waals surface area contributed by atoms with Crippen LogP contribution in [0.4, 0.5) is 16.2 Å². The van der Waals surface area contributed by atoms with E-state index in [1.54, 1.807) is 62.8 Å². The number of ether oxygens (including phenoxy) is 2. The molecule has 0 fully saturated rings. The summed E-state index contributed by atoms with van der Waals surface area (Å²) < 4.78 is 10.0. The summed E-state index contributed by atoms with van der Waals surface area (Å²) in [5.74, 6) is 1.31. The van der Waals surface area contributed by atoms with Gasteiger partial charge < -0.3 is 14.6 Å². The summed E-state index contributed by atoms with van der Waals surface area (Å²) in [5, 5.41) is 24.1. The van der Waals surface area contributed by atoms with Crippen LogP contribution in [-0.2, 0) is 0 Å². The molecule has 2 aromatic carbocycles. The smallest absolute Gasteiger partial charge is 0.452 e. The van der Waals surface area contributed by atoms with E-state index in [0.29, 0.717) is 28.0 Å². The molecule has 0 aliphatic rings. The van der Waals surface area contributed by atoms with E-state index < -0.39 is 6.09 Å². The van der Waals surface area contributed by atoms with E-state index in [2.05, 4.69) is 20.7 Å². The Hall–Kier alpha value is -3.49. The minimum Gasteiger partial charge on any atom is -0.497 e. The van der Waals surface area contributed by atoms with Crippen LogP contribution in [0.1, 0.15) is 0 Å². The first-order valence-electron chi connectivity index (χ1n) is 6.77. The molecule has 0 bridgehead atoms. The Bertz CT molecular complexity index is 671. The summed E-state index contributed by atoms with van der Waals surface area (Å²) in [5.41, 5.74) is 0.892. The van der Waals surface area contributed by atoms with E-state index in [4.69, 9.17) is 14.6 Å². The molecule has 0 unspecified atom stereocenters. The number of carboxylic acid groups (broad SMARTS) is 1. The zero-order valence-electron chi connectivity index (χ0n) is 13.0. The Kier molecular flexibility index (Phi) is 5.78. The first kappa shape index (κ1) is 16.9. The fourth-order valence-corrected chi connectivity index (χ4v) is 1.58. The lowest BCUT2D eigenvalue weighted by molar-refractivity contribution is 0.141. The minimum absolute atomic E-state index is 0.370. The molecular weight excluding hydrogens is 314 g/mol. The SMILES string of the molecule is COc1ccc(N=NN(N=Nc2ccc(OC)cc2)C(=O)O)cc1. The van der Waals surface area contributed by atoms with Gasteiger partial charge in [0, 0.05) is 0 Å². The Labute approximate surface area is 137 Å². The monoisotopic (exact) mass is 329 g/mol. The molecular formula is C15H15N5O4. The molecule has 0 aliphatic heterocycles. The highest BCUT2D eigenvalue weighted by Gasteiger charge is 2.09. The van der Waals surface area contributed by atoms with Crippen LogP contribution < -0.4 is 9.47 Å². The van der Waals surface area contributed by atoms with Crippen LogP contribution >= 0.6 is 0 Å². The minimum atomic E-state index is -1.41. The highest BCUT2D eigenvalue weighted by atomic mass is 16.5. The summed E-state index contributed by atoms with van der Waals surface area (Å²) in [6.45, 7) is 0. The van der Waals surface area contributed by atoms with Crippen LogP contribution in [0.5, 0.6) is 11.5 Å². The number of hydrogen-bond acceptors (Lipinski definition) is 7. The van der Waals surface area contributed by atoms with Gasteiger partial charge >= 0.3 is 6.09 Å². The molecule has 1 N–H and O–H groups in total. The first-order chi connectivity index (χ1) is 11.6. The van der Waals surface area contributed by atoms with Crippen molar-refractivity contribution in [3.63, 3.8) is 0 Å². The maximum absolute atomic E-state index is 11.1. The molecule has 0 saturated carbocycles. The molecule has 9 heteroatoms. The molecule has 9 nitrogen and oxygen atoms in total. The lowest BCUT2D eigenvalue weighted by Crippen LogP contribution is -2.15.